The van der Waals surface area contributed by atoms with Gasteiger partial charge in [0, 0.05) is 6.04 Å². The average Bonchev–Trinajstić information content (AvgIpc) is 2.64. The number of halogens is 1. The van der Waals surface area contributed by atoms with Crippen LogP contribution in [0.5, 0.6) is 0 Å². The summed E-state index contributed by atoms with van der Waals surface area (Å²) < 4.78 is 0. The first kappa shape index (κ1) is 19.5. The van der Waals surface area contributed by atoms with Gasteiger partial charge in [0.2, 0.25) is 5.91 Å². The summed E-state index contributed by atoms with van der Waals surface area (Å²) in [5, 5.41) is 3.17. The summed E-state index contributed by atoms with van der Waals surface area (Å²) in [6, 6.07) is 20.5. The molecule has 3 rings (SSSR count). The minimum Gasteiger partial charge on any atom is -0.351 e. The largest absolute Gasteiger partial charge is 0.351 e. The number of nitrogens with two attached hydrogens (primary N) is 1. The number of hydrogen-bond donors (Lipinski definition) is 2. The summed E-state index contributed by atoms with van der Waals surface area (Å²) in [4.78, 5) is 12.6. The van der Waals surface area contributed by atoms with Crippen LogP contribution in [0.15, 0.2) is 60.7 Å². The maximum Gasteiger partial charge on any atom is 0.244 e. The molecule has 0 heterocycles. The number of nitrogens with one attached hydrogen (secondary N) is 1. The monoisotopic (exact) mass is 358 g/mol. The van der Waals surface area contributed by atoms with E-state index in [9.17, 15) is 4.79 Å². The van der Waals surface area contributed by atoms with Gasteiger partial charge in [0.1, 0.15) is 5.54 Å². The predicted octanol–water partition coefficient (Wildman–Crippen LogP) is 4.12. The van der Waals surface area contributed by atoms with Gasteiger partial charge in [0.25, 0.3) is 0 Å². The van der Waals surface area contributed by atoms with E-state index < -0.39 is 5.54 Å². The molecule has 134 valence electrons. The van der Waals surface area contributed by atoms with Crippen molar-refractivity contribution in [2.24, 2.45) is 5.73 Å². The number of carbonyl (C=O) groups is 1. The zero-order valence-corrected chi connectivity index (χ0v) is 15.5. The van der Waals surface area contributed by atoms with E-state index in [0.717, 1.165) is 31.2 Å². The molecule has 3 N–H and O–H groups in total. The van der Waals surface area contributed by atoms with Gasteiger partial charge in [0.05, 0.1) is 0 Å². The van der Waals surface area contributed by atoms with Gasteiger partial charge in [-0.15, -0.1) is 12.4 Å². The van der Waals surface area contributed by atoms with Crippen molar-refractivity contribution in [2.45, 2.75) is 50.1 Å². The Kier molecular flexibility index (Phi) is 6.63. The number of benzene rings is 2. The lowest BCUT2D eigenvalue weighted by atomic mass is 9.81. The predicted molar refractivity (Wildman–Crippen MR) is 105 cm³/mol. The molecule has 0 aliphatic heterocycles. The third-order valence-corrected chi connectivity index (χ3v) is 5.18. The van der Waals surface area contributed by atoms with Crippen LogP contribution in [0.2, 0.25) is 0 Å². The van der Waals surface area contributed by atoms with Crippen molar-refractivity contribution in [3.05, 3.63) is 71.8 Å². The summed E-state index contributed by atoms with van der Waals surface area (Å²) in [5.41, 5.74) is 7.58. The first-order chi connectivity index (χ1) is 11.6. The minimum absolute atomic E-state index is 0. The van der Waals surface area contributed by atoms with Crippen molar-refractivity contribution < 1.29 is 4.79 Å². The van der Waals surface area contributed by atoms with Crippen LogP contribution in [0.25, 0.3) is 0 Å². The second kappa shape index (κ2) is 8.50. The molecule has 1 unspecified atom stereocenters. The molecule has 1 aliphatic carbocycles. The van der Waals surface area contributed by atoms with Crippen LogP contribution in [-0.4, -0.2) is 11.9 Å². The van der Waals surface area contributed by atoms with Crippen LogP contribution >= 0.6 is 12.4 Å². The Hall–Kier alpha value is -1.84. The first-order valence-electron chi connectivity index (χ1n) is 8.77. The van der Waals surface area contributed by atoms with E-state index in [4.69, 9.17) is 5.73 Å². The maximum atomic E-state index is 12.6. The van der Waals surface area contributed by atoms with Crippen LogP contribution in [0, 0.1) is 0 Å². The SMILES string of the molecule is CC(N)(C(=O)NC1CCC(c2ccccc2)CC1)c1ccccc1.Cl. The molecule has 2 aromatic rings. The minimum atomic E-state index is -0.989. The maximum absolute atomic E-state index is 12.6. The third kappa shape index (κ3) is 4.62. The summed E-state index contributed by atoms with van der Waals surface area (Å²) >= 11 is 0. The lowest BCUT2D eigenvalue weighted by Crippen LogP contribution is -2.52. The topological polar surface area (TPSA) is 55.1 Å². The van der Waals surface area contributed by atoms with Crippen molar-refractivity contribution in [3.8, 4) is 0 Å². The van der Waals surface area contributed by atoms with Crippen LogP contribution in [0.4, 0.5) is 0 Å². The highest BCUT2D eigenvalue weighted by atomic mass is 35.5. The molecule has 0 saturated heterocycles. The van der Waals surface area contributed by atoms with Gasteiger partial charge >= 0.3 is 0 Å². The zero-order valence-electron chi connectivity index (χ0n) is 14.7. The highest BCUT2D eigenvalue weighted by molar-refractivity contribution is 5.87. The van der Waals surface area contributed by atoms with Crippen LogP contribution in [0.3, 0.4) is 0 Å². The van der Waals surface area contributed by atoms with E-state index in [-0.39, 0.29) is 24.4 Å². The quantitative estimate of drug-likeness (QED) is 0.863. The summed E-state index contributed by atoms with van der Waals surface area (Å²) in [6.07, 6.45) is 4.25. The summed E-state index contributed by atoms with van der Waals surface area (Å²) in [7, 11) is 0. The van der Waals surface area contributed by atoms with Crippen molar-refractivity contribution >= 4 is 18.3 Å². The Morgan fingerprint density at radius 2 is 1.48 bits per heavy atom. The van der Waals surface area contributed by atoms with Gasteiger partial charge in [-0.1, -0.05) is 60.7 Å². The Labute approximate surface area is 156 Å². The van der Waals surface area contributed by atoms with Gasteiger partial charge in [-0.25, -0.2) is 0 Å². The third-order valence-electron chi connectivity index (χ3n) is 5.18. The van der Waals surface area contributed by atoms with Crippen molar-refractivity contribution in [1.29, 1.82) is 0 Å². The molecule has 1 fully saturated rings. The van der Waals surface area contributed by atoms with E-state index in [1.54, 1.807) is 6.92 Å². The fourth-order valence-corrected chi connectivity index (χ4v) is 3.55. The van der Waals surface area contributed by atoms with Crippen LogP contribution in [-0.2, 0) is 10.3 Å². The van der Waals surface area contributed by atoms with E-state index in [1.165, 1.54) is 5.56 Å². The zero-order chi connectivity index (χ0) is 17.0. The van der Waals surface area contributed by atoms with Gasteiger partial charge in [-0.2, -0.15) is 0 Å². The van der Waals surface area contributed by atoms with Crippen LogP contribution in [0.1, 0.15) is 49.7 Å². The molecule has 3 nitrogen and oxygen atoms in total. The lowest BCUT2D eigenvalue weighted by Gasteiger charge is -2.32. The molecular formula is C21H27ClN2O. The van der Waals surface area contributed by atoms with Crippen molar-refractivity contribution in [3.63, 3.8) is 0 Å². The van der Waals surface area contributed by atoms with Crippen molar-refractivity contribution in [2.75, 3.05) is 0 Å². The van der Waals surface area contributed by atoms with E-state index in [2.05, 4.69) is 35.6 Å². The first-order valence-corrected chi connectivity index (χ1v) is 8.77. The standard InChI is InChI=1S/C21H26N2O.ClH/c1-21(22,18-10-6-3-7-11-18)20(24)23-19-14-12-17(13-15-19)16-8-4-2-5-9-16;/h2-11,17,19H,12-15,22H2,1H3,(H,23,24);1H. The lowest BCUT2D eigenvalue weighted by molar-refractivity contribution is -0.127. The Morgan fingerprint density at radius 3 is 2.04 bits per heavy atom. The molecule has 25 heavy (non-hydrogen) atoms. The van der Waals surface area contributed by atoms with E-state index in [0.29, 0.717) is 5.92 Å². The van der Waals surface area contributed by atoms with Crippen LogP contribution < -0.4 is 11.1 Å². The molecule has 1 saturated carbocycles. The molecule has 1 aliphatic rings. The highest BCUT2D eigenvalue weighted by Crippen LogP contribution is 2.33. The molecule has 0 aromatic heterocycles. The molecule has 0 radical (unpaired) electrons. The van der Waals surface area contributed by atoms with Gasteiger partial charge in [-0.3, -0.25) is 4.79 Å². The number of carbonyl (C=O) groups excluding carboxylic acids is 1. The molecule has 1 amide bonds. The Bertz CT molecular complexity index is 665. The van der Waals surface area contributed by atoms with E-state index >= 15 is 0 Å². The number of hydrogen-bond acceptors (Lipinski definition) is 2. The Balaban J connectivity index is 0.00000225. The second-order valence-electron chi connectivity index (χ2n) is 7.00. The van der Waals surface area contributed by atoms with Crippen molar-refractivity contribution in [1.82, 2.24) is 5.32 Å². The average molecular weight is 359 g/mol. The van der Waals surface area contributed by atoms with E-state index in [1.807, 2.05) is 30.3 Å². The smallest absolute Gasteiger partial charge is 0.244 e. The van der Waals surface area contributed by atoms with Gasteiger partial charge in [-0.05, 0) is 49.7 Å². The molecule has 4 heteroatoms. The molecule has 0 bridgehead atoms. The summed E-state index contributed by atoms with van der Waals surface area (Å²) in [6.45, 7) is 1.78. The fraction of sp³-hybridized carbons (Fsp3) is 0.381. The second-order valence-corrected chi connectivity index (χ2v) is 7.00. The highest BCUT2D eigenvalue weighted by Gasteiger charge is 2.33. The normalized spacial score (nSPS) is 22.3. The molecular weight excluding hydrogens is 332 g/mol. The number of amides is 1. The fourth-order valence-electron chi connectivity index (χ4n) is 3.55. The summed E-state index contributed by atoms with van der Waals surface area (Å²) in [5.74, 6) is 0.523. The van der Waals surface area contributed by atoms with Gasteiger partial charge < -0.3 is 11.1 Å². The molecule has 2 aromatic carbocycles. The molecule has 0 spiro atoms. The number of rotatable bonds is 4. The Morgan fingerprint density at radius 1 is 0.960 bits per heavy atom. The molecule has 1 atom stereocenters. The van der Waals surface area contributed by atoms with Gasteiger partial charge in [0.15, 0.2) is 0 Å².